The molecule has 0 atom stereocenters. The Bertz CT molecular complexity index is 1370. The van der Waals surface area contributed by atoms with Gasteiger partial charge in [0.05, 0.1) is 18.8 Å². The van der Waals surface area contributed by atoms with Gasteiger partial charge in [0, 0.05) is 11.6 Å². The lowest BCUT2D eigenvalue weighted by atomic mass is 10.1. The van der Waals surface area contributed by atoms with Crippen LogP contribution in [0.1, 0.15) is 41.8 Å². The quantitative estimate of drug-likeness (QED) is 0.512. The van der Waals surface area contributed by atoms with Crippen molar-refractivity contribution in [3.8, 4) is 28.8 Å². The molecular formula is C25H24N6O5. The number of amidine groups is 1. The van der Waals surface area contributed by atoms with Gasteiger partial charge in [0.2, 0.25) is 0 Å². The van der Waals surface area contributed by atoms with E-state index in [0.29, 0.717) is 40.9 Å². The molecule has 2 amide bonds. The summed E-state index contributed by atoms with van der Waals surface area (Å²) < 4.78 is 16.9. The Hall–Kier alpha value is -4.80. The number of primary amides is 1. The van der Waals surface area contributed by atoms with Gasteiger partial charge >= 0.3 is 11.8 Å². The average Bonchev–Trinajstić information content (AvgIpc) is 3.35. The minimum Gasteiger partial charge on any atom is -0.491 e. The molecule has 3 aromatic rings. The van der Waals surface area contributed by atoms with Gasteiger partial charge in [0.1, 0.15) is 28.8 Å². The Kier molecular flexibility index (Phi) is 7.19. The molecule has 4 rings (SSSR count). The highest BCUT2D eigenvalue weighted by Gasteiger charge is 2.16. The largest absolute Gasteiger partial charge is 0.491 e. The topological polar surface area (TPSA) is 155 Å². The summed E-state index contributed by atoms with van der Waals surface area (Å²) in [4.78, 5) is 32.7. The second-order valence-electron chi connectivity index (χ2n) is 7.97. The van der Waals surface area contributed by atoms with Crippen LogP contribution in [0.5, 0.6) is 17.2 Å². The van der Waals surface area contributed by atoms with Gasteiger partial charge in [-0.25, -0.2) is 4.98 Å². The normalized spacial score (nSPS) is 14.0. The number of nitrogens with two attached hydrogens (primary N) is 1. The van der Waals surface area contributed by atoms with E-state index in [9.17, 15) is 9.59 Å². The fraction of sp³-hybridized carbons (Fsp3) is 0.200. The number of hydrogen-bond donors (Lipinski definition) is 2. The van der Waals surface area contributed by atoms with Gasteiger partial charge < -0.3 is 24.9 Å². The lowest BCUT2D eigenvalue weighted by molar-refractivity contribution is 0.0963. The van der Waals surface area contributed by atoms with E-state index in [1.807, 2.05) is 32.9 Å². The molecule has 36 heavy (non-hydrogen) atoms. The van der Waals surface area contributed by atoms with E-state index in [1.165, 1.54) is 6.20 Å². The highest BCUT2D eigenvalue weighted by molar-refractivity contribution is 6.11. The van der Waals surface area contributed by atoms with Gasteiger partial charge in [-0.05, 0) is 56.7 Å². The molecule has 1 aliphatic heterocycles. The second kappa shape index (κ2) is 10.6. The summed E-state index contributed by atoms with van der Waals surface area (Å²) in [7, 11) is 0. The molecule has 0 bridgehead atoms. The number of amides is 2. The summed E-state index contributed by atoms with van der Waals surface area (Å²) in [5.74, 6) is 0.268. The zero-order valence-electron chi connectivity index (χ0n) is 19.9. The average molecular weight is 489 g/mol. The molecule has 184 valence electrons. The molecule has 0 unspecified atom stereocenters. The maximum atomic E-state index is 12.9. The Labute approximate surface area is 206 Å². The smallest absolute Gasteiger partial charge is 0.306 e. The number of carbonyl (C=O) groups excluding carboxylic acids is 2. The number of hydrogen-bond acceptors (Lipinski definition) is 9. The van der Waals surface area contributed by atoms with E-state index >= 15 is 0 Å². The summed E-state index contributed by atoms with van der Waals surface area (Å²) in [5.41, 5.74) is 6.87. The van der Waals surface area contributed by atoms with E-state index in [2.05, 4.69) is 25.5 Å². The van der Waals surface area contributed by atoms with Crippen LogP contribution < -0.4 is 20.5 Å². The number of rotatable bonds is 7. The lowest BCUT2D eigenvalue weighted by Gasteiger charge is -2.15. The number of nitrogens with zero attached hydrogens (tertiary/aromatic N) is 4. The first kappa shape index (κ1) is 24.3. The Balaban J connectivity index is 1.53. The molecular weight excluding hydrogens is 464 g/mol. The van der Waals surface area contributed by atoms with E-state index in [1.54, 1.807) is 36.4 Å². The molecule has 0 aliphatic carbocycles. The van der Waals surface area contributed by atoms with Crippen LogP contribution >= 0.6 is 0 Å². The molecule has 0 saturated carbocycles. The van der Waals surface area contributed by atoms with Gasteiger partial charge in [0.15, 0.2) is 0 Å². The number of carbonyl (C=O) groups is 2. The molecule has 3 N–H and O–H groups in total. The molecule has 0 saturated heterocycles. The molecule has 3 heterocycles. The number of nitrogens with one attached hydrogen (secondary N) is 1. The number of ether oxygens (including phenoxy) is 2. The lowest BCUT2D eigenvalue weighted by Crippen LogP contribution is -2.30. The first-order valence-electron chi connectivity index (χ1n) is 11.1. The third kappa shape index (κ3) is 6.00. The highest BCUT2D eigenvalue weighted by atomic mass is 16.5. The van der Waals surface area contributed by atoms with Crippen LogP contribution in [0.3, 0.4) is 0 Å². The predicted octanol–water partition coefficient (Wildman–Crippen LogP) is 3.45. The number of dihydropyridines is 1. The molecule has 2 aromatic heterocycles. The van der Waals surface area contributed by atoms with Crippen molar-refractivity contribution in [1.29, 1.82) is 0 Å². The molecule has 0 spiro atoms. The monoisotopic (exact) mass is 488 g/mol. The molecule has 11 heteroatoms. The van der Waals surface area contributed by atoms with Gasteiger partial charge in [-0.1, -0.05) is 12.2 Å². The van der Waals surface area contributed by atoms with Crippen molar-refractivity contribution < 1.29 is 23.5 Å². The fourth-order valence-corrected chi connectivity index (χ4v) is 3.16. The van der Waals surface area contributed by atoms with Crippen molar-refractivity contribution in [3.05, 3.63) is 71.8 Å². The van der Waals surface area contributed by atoms with Crippen LogP contribution in [0.4, 0.5) is 0 Å². The molecule has 11 nitrogen and oxygen atoms in total. The SMILES string of the molecule is C/C=C1\C=CC(NC(=O)c2cc(Oc3ccc(-c4nnc(C(N)=O)o4)nc3)cc(OC(C)C)c2)=NC1. The van der Waals surface area contributed by atoms with Gasteiger partial charge in [-0.3, -0.25) is 14.6 Å². The van der Waals surface area contributed by atoms with E-state index in [4.69, 9.17) is 19.6 Å². The van der Waals surface area contributed by atoms with Crippen LogP contribution in [-0.2, 0) is 0 Å². The predicted molar refractivity (Wildman–Crippen MR) is 131 cm³/mol. The summed E-state index contributed by atoms with van der Waals surface area (Å²) in [6, 6.07) is 8.13. The van der Waals surface area contributed by atoms with Gasteiger partial charge in [-0.2, -0.15) is 0 Å². The zero-order valence-corrected chi connectivity index (χ0v) is 19.9. The number of aliphatic imine (C=N–C) groups is 1. The summed E-state index contributed by atoms with van der Waals surface area (Å²) >= 11 is 0. The third-order valence-corrected chi connectivity index (χ3v) is 4.84. The number of aromatic nitrogens is 3. The first-order chi connectivity index (χ1) is 17.3. The summed E-state index contributed by atoms with van der Waals surface area (Å²) in [5, 5.41) is 10.1. The van der Waals surface area contributed by atoms with Crippen molar-refractivity contribution >= 4 is 17.6 Å². The molecule has 1 aliphatic rings. The maximum absolute atomic E-state index is 12.9. The molecule has 0 radical (unpaired) electrons. The standard InChI is InChI=1S/C25H24N6O5/c1-4-15-5-8-21(28-12-15)29-23(33)16-9-18(34-14(2)3)11-19(10-16)35-17-6-7-20(27-13-17)24-30-31-25(36-24)22(26)32/h4-11,13-14H,12H2,1-3H3,(H2,26,32)(H,28,29,33)/b15-4+. The Morgan fingerprint density at radius 2 is 1.92 bits per heavy atom. The van der Waals surface area contributed by atoms with Crippen LogP contribution in [0.25, 0.3) is 11.6 Å². The number of allylic oxidation sites excluding steroid dienone is 1. The second-order valence-corrected chi connectivity index (χ2v) is 7.97. The van der Waals surface area contributed by atoms with Crippen molar-refractivity contribution in [2.24, 2.45) is 10.7 Å². The van der Waals surface area contributed by atoms with Gasteiger partial charge in [-0.15, -0.1) is 10.2 Å². The summed E-state index contributed by atoms with van der Waals surface area (Å²) in [6.07, 6.45) is 6.97. The van der Waals surface area contributed by atoms with Crippen LogP contribution in [0.2, 0.25) is 0 Å². The Morgan fingerprint density at radius 1 is 1.11 bits per heavy atom. The van der Waals surface area contributed by atoms with Crippen molar-refractivity contribution in [1.82, 2.24) is 20.5 Å². The first-order valence-corrected chi connectivity index (χ1v) is 11.1. The number of pyridine rings is 1. The van der Waals surface area contributed by atoms with Crippen molar-refractivity contribution in [2.75, 3.05) is 6.54 Å². The van der Waals surface area contributed by atoms with Crippen LogP contribution in [0.15, 0.2) is 69.7 Å². The number of benzene rings is 1. The minimum absolute atomic E-state index is 0.0443. The molecule has 1 aromatic carbocycles. The van der Waals surface area contributed by atoms with Crippen LogP contribution in [-0.4, -0.2) is 45.5 Å². The van der Waals surface area contributed by atoms with Crippen molar-refractivity contribution in [2.45, 2.75) is 26.9 Å². The third-order valence-electron chi connectivity index (χ3n) is 4.84. The maximum Gasteiger partial charge on any atom is 0.306 e. The summed E-state index contributed by atoms with van der Waals surface area (Å²) in [6.45, 7) is 6.22. The fourth-order valence-electron chi connectivity index (χ4n) is 3.16. The minimum atomic E-state index is -0.828. The van der Waals surface area contributed by atoms with Gasteiger partial charge in [0.25, 0.3) is 11.8 Å². The van der Waals surface area contributed by atoms with E-state index < -0.39 is 5.91 Å². The van der Waals surface area contributed by atoms with E-state index in [-0.39, 0.29) is 23.8 Å². The Morgan fingerprint density at radius 3 is 2.53 bits per heavy atom. The molecule has 0 fully saturated rings. The van der Waals surface area contributed by atoms with E-state index in [0.717, 1.165) is 5.57 Å². The highest BCUT2D eigenvalue weighted by Crippen LogP contribution is 2.29. The van der Waals surface area contributed by atoms with Crippen LogP contribution in [0, 0.1) is 0 Å². The van der Waals surface area contributed by atoms with Crippen molar-refractivity contribution in [3.63, 3.8) is 0 Å². The zero-order chi connectivity index (χ0) is 25.7.